The third kappa shape index (κ3) is 10.7. The molecule has 0 aliphatic rings. The average molecular weight is 427 g/mol. The van der Waals surface area contributed by atoms with Crippen molar-refractivity contribution in [1.29, 1.82) is 0 Å². The fraction of sp³-hybridized carbons (Fsp3) is 0.630. The molecule has 0 N–H and O–H groups in total. The van der Waals surface area contributed by atoms with Gasteiger partial charge in [0.2, 0.25) is 0 Å². The summed E-state index contributed by atoms with van der Waals surface area (Å²) in [5, 5.41) is 0. The SMILES string of the molecule is CCCCCCCCOc1ncc(-c2ccc(OCCCCC[C@@H](C)CC)cc2)cn1. The van der Waals surface area contributed by atoms with Gasteiger partial charge in [-0.05, 0) is 36.5 Å². The van der Waals surface area contributed by atoms with Gasteiger partial charge in [-0.2, -0.15) is 0 Å². The van der Waals surface area contributed by atoms with Gasteiger partial charge >= 0.3 is 6.01 Å². The van der Waals surface area contributed by atoms with Crippen LogP contribution in [-0.2, 0) is 0 Å². The Balaban J connectivity index is 1.65. The Kier molecular flexibility index (Phi) is 12.7. The summed E-state index contributed by atoms with van der Waals surface area (Å²) in [7, 11) is 0. The minimum Gasteiger partial charge on any atom is -0.494 e. The zero-order valence-electron chi connectivity index (χ0n) is 19.9. The Hall–Kier alpha value is -2.10. The van der Waals surface area contributed by atoms with Crippen molar-refractivity contribution < 1.29 is 9.47 Å². The monoisotopic (exact) mass is 426 g/mol. The highest BCUT2D eigenvalue weighted by Crippen LogP contribution is 2.22. The third-order valence-electron chi connectivity index (χ3n) is 5.85. The van der Waals surface area contributed by atoms with E-state index in [9.17, 15) is 0 Å². The number of nitrogens with zero attached hydrogens (tertiary/aromatic N) is 2. The van der Waals surface area contributed by atoms with Crippen LogP contribution < -0.4 is 9.47 Å². The van der Waals surface area contributed by atoms with Crippen LogP contribution >= 0.6 is 0 Å². The fourth-order valence-electron chi connectivity index (χ4n) is 3.50. The van der Waals surface area contributed by atoms with Crippen LogP contribution in [0.4, 0.5) is 0 Å². The van der Waals surface area contributed by atoms with Gasteiger partial charge in [-0.3, -0.25) is 0 Å². The highest BCUT2D eigenvalue weighted by molar-refractivity contribution is 5.62. The second-order valence-corrected chi connectivity index (χ2v) is 8.61. The van der Waals surface area contributed by atoms with Gasteiger partial charge in [0.15, 0.2) is 0 Å². The lowest BCUT2D eigenvalue weighted by Gasteiger charge is -2.09. The molecule has 1 atom stereocenters. The topological polar surface area (TPSA) is 44.2 Å². The summed E-state index contributed by atoms with van der Waals surface area (Å²) in [6, 6.07) is 8.64. The van der Waals surface area contributed by atoms with Crippen molar-refractivity contribution in [3.8, 4) is 22.9 Å². The van der Waals surface area contributed by atoms with Crippen molar-refractivity contribution in [1.82, 2.24) is 9.97 Å². The first-order chi connectivity index (χ1) is 15.2. The molecule has 0 spiro atoms. The van der Waals surface area contributed by atoms with E-state index in [0.29, 0.717) is 12.6 Å². The van der Waals surface area contributed by atoms with Crippen molar-refractivity contribution >= 4 is 0 Å². The van der Waals surface area contributed by atoms with Crippen LogP contribution in [0.5, 0.6) is 11.8 Å². The average Bonchev–Trinajstić information content (AvgIpc) is 2.81. The number of aromatic nitrogens is 2. The maximum absolute atomic E-state index is 5.88. The van der Waals surface area contributed by atoms with Crippen molar-refractivity contribution in [2.45, 2.75) is 91.4 Å². The normalized spacial score (nSPS) is 12.0. The Morgan fingerprint density at radius 1 is 0.710 bits per heavy atom. The van der Waals surface area contributed by atoms with E-state index in [-0.39, 0.29) is 0 Å². The molecule has 0 amide bonds. The van der Waals surface area contributed by atoms with E-state index < -0.39 is 0 Å². The maximum Gasteiger partial charge on any atom is 0.316 e. The molecule has 0 saturated heterocycles. The molecule has 0 fully saturated rings. The van der Waals surface area contributed by atoms with E-state index in [1.54, 1.807) is 0 Å². The predicted octanol–water partition coefficient (Wildman–Crippen LogP) is 7.87. The van der Waals surface area contributed by atoms with Gasteiger partial charge in [0.25, 0.3) is 0 Å². The van der Waals surface area contributed by atoms with E-state index in [2.05, 4.69) is 42.9 Å². The van der Waals surface area contributed by atoms with E-state index >= 15 is 0 Å². The van der Waals surface area contributed by atoms with Gasteiger partial charge in [-0.25, -0.2) is 9.97 Å². The lowest BCUT2D eigenvalue weighted by molar-refractivity contribution is 0.281. The predicted molar refractivity (Wildman–Crippen MR) is 130 cm³/mol. The molecule has 31 heavy (non-hydrogen) atoms. The molecule has 0 aliphatic carbocycles. The summed E-state index contributed by atoms with van der Waals surface area (Å²) in [5.74, 6) is 1.77. The van der Waals surface area contributed by atoms with Crippen LogP contribution in [0.25, 0.3) is 11.1 Å². The first-order valence-electron chi connectivity index (χ1n) is 12.4. The van der Waals surface area contributed by atoms with Crippen molar-refractivity contribution in [3.63, 3.8) is 0 Å². The minimum atomic E-state index is 0.464. The molecule has 0 saturated carbocycles. The van der Waals surface area contributed by atoms with Crippen molar-refractivity contribution in [2.75, 3.05) is 13.2 Å². The van der Waals surface area contributed by atoms with E-state index in [0.717, 1.165) is 42.2 Å². The third-order valence-corrected chi connectivity index (χ3v) is 5.85. The lowest BCUT2D eigenvalue weighted by Crippen LogP contribution is -2.01. The van der Waals surface area contributed by atoms with E-state index in [1.165, 1.54) is 57.8 Å². The molecule has 2 rings (SSSR count). The molecule has 4 heteroatoms. The summed E-state index contributed by atoms with van der Waals surface area (Å²) < 4.78 is 11.6. The maximum atomic E-state index is 5.88. The Labute approximate surface area is 189 Å². The zero-order chi connectivity index (χ0) is 22.2. The minimum absolute atomic E-state index is 0.464. The summed E-state index contributed by atoms with van der Waals surface area (Å²) >= 11 is 0. The lowest BCUT2D eigenvalue weighted by atomic mass is 10.0. The van der Waals surface area contributed by atoms with Crippen molar-refractivity contribution in [2.24, 2.45) is 5.92 Å². The Bertz CT molecular complexity index is 685. The number of hydrogen-bond donors (Lipinski definition) is 0. The van der Waals surface area contributed by atoms with Gasteiger partial charge < -0.3 is 9.47 Å². The largest absolute Gasteiger partial charge is 0.494 e. The van der Waals surface area contributed by atoms with Crippen LogP contribution in [-0.4, -0.2) is 23.2 Å². The second-order valence-electron chi connectivity index (χ2n) is 8.61. The van der Waals surface area contributed by atoms with Gasteiger partial charge in [-0.1, -0.05) is 90.7 Å². The Morgan fingerprint density at radius 3 is 2.00 bits per heavy atom. The highest BCUT2D eigenvalue weighted by atomic mass is 16.5. The van der Waals surface area contributed by atoms with Gasteiger partial charge in [0.05, 0.1) is 13.2 Å². The molecule has 0 unspecified atom stereocenters. The summed E-state index contributed by atoms with van der Waals surface area (Å²) in [6.07, 6.45) is 17.4. The number of ether oxygens (including phenoxy) is 2. The molecule has 1 aromatic heterocycles. The first kappa shape index (κ1) is 25.2. The molecule has 1 aromatic carbocycles. The standard InChI is InChI=1S/C27H42N2O2/c1-4-6-7-8-9-12-20-31-27-28-21-25(22-29-27)24-15-17-26(18-16-24)30-19-13-10-11-14-23(3)5-2/h15-18,21-23H,4-14,19-20H2,1-3H3/t23-/m0/s1. The molecule has 172 valence electrons. The van der Waals surface area contributed by atoms with Gasteiger partial charge in [0, 0.05) is 18.0 Å². The van der Waals surface area contributed by atoms with Gasteiger partial charge in [-0.15, -0.1) is 0 Å². The highest BCUT2D eigenvalue weighted by Gasteiger charge is 2.03. The quantitative estimate of drug-likeness (QED) is 0.241. The fourth-order valence-corrected chi connectivity index (χ4v) is 3.50. The number of unbranched alkanes of at least 4 members (excludes halogenated alkanes) is 7. The molecular weight excluding hydrogens is 384 g/mol. The van der Waals surface area contributed by atoms with E-state index in [4.69, 9.17) is 9.47 Å². The summed E-state index contributed by atoms with van der Waals surface area (Å²) in [5.41, 5.74) is 2.08. The number of hydrogen-bond acceptors (Lipinski definition) is 4. The molecule has 2 aromatic rings. The molecular formula is C27H42N2O2. The molecule has 0 aliphatic heterocycles. The van der Waals surface area contributed by atoms with Crippen LogP contribution in [0.2, 0.25) is 0 Å². The van der Waals surface area contributed by atoms with Crippen LogP contribution in [0.1, 0.15) is 91.4 Å². The smallest absolute Gasteiger partial charge is 0.316 e. The zero-order valence-corrected chi connectivity index (χ0v) is 19.9. The number of benzene rings is 1. The number of rotatable bonds is 17. The molecule has 1 heterocycles. The first-order valence-corrected chi connectivity index (χ1v) is 12.4. The summed E-state index contributed by atoms with van der Waals surface area (Å²) in [6.45, 7) is 8.32. The van der Waals surface area contributed by atoms with Gasteiger partial charge in [0.1, 0.15) is 5.75 Å². The van der Waals surface area contributed by atoms with Crippen molar-refractivity contribution in [3.05, 3.63) is 36.7 Å². The molecule has 0 radical (unpaired) electrons. The van der Waals surface area contributed by atoms with E-state index in [1.807, 2.05) is 24.5 Å². The Morgan fingerprint density at radius 2 is 1.32 bits per heavy atom. The van der Waals surface area contributed by atoms with Crippen LogP contribution in [0.15, 0.2) is 36.7 Å². The molecule has 4 nitrogen and oxygen atoms in total. The second kappa shape index (κ2) is 15.7. The van der Waals surface area contributed by atoms with Crippen LogP contribution in [0.3, 0.4) is 0 Å². The van der Waals surface area contributed by atoms with Crippen LogP contribution in [0, 0.1) is 5.92 Å². The summed E-state index contributed by atoms with van der Waals surface area (Å²) in [4.78, 5) is 8.71. The molecule has 0 bridgehead atoms.